The summed E-state index contributed by atoms with van der Waals surface area (Å²) in [7, 11) is 0. The first-order valence-electron chi connectivity index (χ1n) is 15.7. The molecule has 8 nitrogen and oxygen atoms in total. The number of carbonyl (C=O) groups is 3. The Labute approximate surface area is 245 Å². The maximum absolute atomic E-state index is 12.4. The van der Waals surface area contributed by atoms with E-state index in [1.54, 1.807) is 0 Å². The highest BCUT2D eigenvalue weighted by Crippen LogP contribution is 2.67. The monoisotopic (exact) mass is 576 g/mol. The third-order valence-electron chi connectivity index (χ3n) is 11.3. The Morgan fingerprint density at radius 3 is 2.15 bits per heavy atom. The number of fused-ring (bicyclic) bond motifs is 5. The van der Waals surface area contributed by atoms with Crippen molar-refractivity contribution in [3.63, 3.8) is 0 Å². The van der Waals surface area contributed by atoms with Crippen LogP contribution >= 0.6 is 0 Å². The lowest BCUT2D eigenvalue weighted by molar-refractivity contribution is -0.211. The van der Waals surface area contributed by atoms with Crippen LogP contribution in [0.4, 0.5) is 0 Å². The number of ether oxygens (including phenoxy) is 3. The number of hydrogen-bond acceptors (Lipinski definition) is 8. The van der Waals surface area contributed by atoms with E-state index >= 15 is 0 Å². The molecular weight excluding hydrogens is 524 g/mol. The maximum atomic E-state index is 12.4. The largest absolute Gasteiger partial charge is 0.459 e. The Morgan fingerprint density at radius 2 is 1.56 bits per heavy atom. The lowest BCUT2D eigenvalue weighted by atomic mass is 9.45. The van der Waals surface area contributed by atoms with E-state index < -0.39 is 53.7 Å². The molecule has 232 valence electrons. The minimum atomic E-state index is -0.801. The second-order valence-electron chi connectivity index (χ2n) is 14.4. The summed E-state index contributed by atoms with van der Waals surface area (Å²) in [4.78, 5) is 36.6. The molecule has 0 aromatic carbocycles. The summed E-state index contributed by atoms with van der Waals surface area (Å²) >= 11 is 0. The Hall–Kier alpha value is -1.93. The molecule has 8 heteroatoms. The van der Waals surface area contributed by atoms with Gasteiger partial charge in [-0.3, -0.25) is 14.4 Å². The molecule has 2 N–H and O–H groups in total. The summed E-state index contributed by atoms with van der Waals surface area (Å²) in [6.07, 6.45) is 4.28. The van der Waals surface area contributed by atoms with E-state index in [2.05, 4.69) is 34.6 Å². The quantitative estimate of drug-likeness (QED) is 0.236. The first kappa shape index (κ1) is 32.0. The summed E-state index contributed by atoms with van der Waals surface area (Å²) < 4.78 is 17.4. The van der Waals surface area contributed by atoms with Gasteiger partial charge in [-0.15, -0.1) is 0 Å². The van der Waals surface area contributed by atoms with E-state index in [9.17, 15) is 24.6 Å². The fourth-order valence-electron chi connectivity index (χ4n) is 9.64. The summed E-state index contributed by atoms with van der Waals surface area (Å²) in [5.74, 6) is -0.968. The van der Waals surface area contributed by atoms with Crippen molar-refractivity contribution >= 4 is 17.9 Å². The van der Waals surface area contributed by atoms with Gasteiger partial charge in [0, 0.05) is 32.6 Å². The molecule has 0 radical (unpaired) electrons. The minimum Gasteiger partial charge on any atom is -0.459 e. The lowest BCUT2D eigenvalue weighted by Gasteiger charge is -2.61. The van der Waals surface area contributed by atoms with Crippen molar-refractivity contribution < 1.29 is 38.8 Å². The predicted molar refractivity (Wildman–Crippen MR) is 153 cm³/mol. The van der Waals surface area contributed by atoms with Crippen LogP contribution in [0.25, 0.3) is 0 Å². The van der Waals surface area contributed by atoms with Crippen LogP contribution in [0.5, 0.6) is 0 Å². The lowest BCUT2D eigenvalue weighted by Crippen LogP contribution is -2.64. The van der Waals surface area contributed by atoms with Crippen LogP contribution in [-0.2, 0) is 28.6 Å². The zero-order chi connectivity index (χ0) is 30.4. The fraction of sp³-hybridized carbons (Fsp3) is 0.848. The average molecular weight is 577 g/mol. The SMILES string of the molecule is CC(=O)O[C@@H]1[C@@H]2[C@@H](OC(C)=O)C=C3[C@H]([C@H](O)C[C@]4(C)C(C(C)[C@H](O)CCC(C)C)CC[C@@H]34)[C@@]2(C)CC[C@@H]1OC(C)=O. The summed E-state index contributed by atoms with van der Waals surface area (Å²) in [5, 5.41) is 23.1. The van der Waals surface area contributed by atoms with Gasteiger partial charge in [0.25, 0.3) is 0 Å². The van der Waals surface area contributed by atoms with Gasteiger partial charge in [-0.2, -0.15) is 0 Å². The van der Waals surface area contributed by atoms with Crippen LogP contribution in [-0.4, -0.2) is 58.6 Å². The fourth-order valence-corrected chi connectivity index (χ4v) is 9.64. The minimum absolute atomic E-state index is 0.108. The summed E-state index contributed by atoms with van der Waals surface area (Å²) in [5.41, 5.74) is 0.381. The number of carbonyl (C=O) groups excluding carboxylic acids is 3. The zero-order valence-corrected chi connectivity index (χ0v) is 26.2. The molecule has 3 fully saturated rings. The van der Waals surface area contributed by atoms with Crippen molar-refractivity contribution in [1.82, 2.24) is 0 Å². The van der Waals surface area contributed by atoms with Gasteiger partial charge < -0.3 is 24.4 Å². The maximum Gasteiger partial charge on any atom is 0.303 e. The normalized spacial score (nSPS) is 41.3. The molecule has 0 amide bonds. The Bertz CT molecular complexity index is 1040. The Morgan fingerprint density at radius 1 is 0.927 bits per heavy atom. The van der Waals surface area contributed by atoms with Crippen molar-refractivity contribution in [2.75, 3.05) is 0 Å². The molecule has 0 aromatic heterocycles. The molecular formula is C33H52O8. The molecule has 0 aromatic rings. The van der Waals surface area contributed by atoms with Gasteiger partial charge in [-0.1, -0.05) is 40.2 Å². The van der Waals surface area contributed by atoms with Crippen LogP contribution in [0.15, 0.2) is 11.6 Å². The topological polar surface area (TPSA) is 119 Å². The first-order valence-corrected chi connectivity index (χ1v) is 15.7. The van der Waals surface area contributed by atoms with E-state index in [-0.39, 0.29) is 35.2 Å². The highest BCUT2D eigenvalue weighted by molar-refractivity contribution is 5.68. The van der Waals surface area contributed by atoms with E-state index in [1.807, 2.05) is 6.08 Å². The van der Waals surface area contributed by atoms with Gasteiger partial charge in [0.2, 0.25) is 0 Å². The molecule has 4 aliphatic rings. The number of hydrogen-bond donors (Lipinski definition) is 2. The van der Waals surface area contributed by atoms with Crippen LogP contribution < -0.4 is 0 Å². The predicted octanol–water partition coefficient (Wildman–Crippen LogP) is 4.98. The number of rotatable bonds is 8. The molecule has 0 spiro atoms. The van der Waals surface area contributed by atoms with Gasteiger partial charge in [-0.05, 0) is 85.5 Å². The smallest absolute Gasteiger partial charge is 0.303 e. The number of aliphatic hydroxyl groups is 2. The van der Waals surface area contributed by atoms with E-state index in [0.29, 0.717) is 25.2 Å². The van der Waals surface area contributed by atoms with E-state index in [4.69, 9.17) is 14.2 Å². The van der Waals surface area contributed by atoms with Crippen molar-refractivity contribution in [1.29, 1.82) is 0 Å². The van der Waals surface area contributed by atoms with Crippen molar-refractivity contribution in [2.45, 2.75) is 131 Å². The van der Waals surface area contributed by atoms with Gasteiger partial charge >= 0.3 is 17.9 Å². The van der Waals surface area contributed by atoms with Crippen LogP contribution in [0.1, 0.15) is 100 Å². The third kappa shape index (κ3) is 5.97. The number of aliphatic hydroxyl groups excluding tert-OH is 2. The molecule has 12 atom stereocenters. The highest BCUT2D eigenvalue weighted by Gasteiger charge is 2.66. The molecule has 41 heavy (non-hydrogen) atoms. The summed E-state index contributed by atoms with van der Waals surface area (Å²) in [6.45, 7) is 14.9. The average Bonchev–Trinajstić information content (AvgIpc) is 3.18. The molecule has 2 unspecified atom stereocenters. The summed E-state index contributed by atoms with van der Waals surface area (Å²) in [6, 6.07) is 0. The second kappa shape index (κ2) is 12.0. The van der Waals surface area contributed by atoms with Crippen molar-refractivity contribution in [2.24, 2.45) is 46.3 Å². The van der Waals surface area contributed by atoms with Crippen LogP contribution in [0, 0.1) is 46.3 Å². The van der Waals surface area contributed by atoms with E-state index in [1.165, 1.54) is 20.8 Å². The van der Waals surface area contributed by atoms with E-state index in [0.717, 1.165) is 31.3 Å². The standard InChI is InChI=1S/C33H52O8/c1-17(2)9-12-25(37)18(3)23-10-11-24-22-15-28(40-20(5)35)30-31(41-21(6)36)27(39-19(4)34)13-14-32(30,7)29(22)26(38)16-33(23,24)8/h15,17-18,23-31,37-38H,9-14,16H2,1-8H3/t18?,23?,24-,25+,26+,27-,28-,29+,30-,31-,32+,33+/m0/s1. The molecule has 0 heterocycles. The van der Waals surface area contributed by atoms with Crippen molar-refractivity contribution in [3.05, 3.63) is 11.6 Å². The Kier molecular flexibility index (Phi) is 9.35. The molecule has 3 saturated carbocycles. The number of esters is 3. The third-order valence-corrected chi connectivity index (χ3v) is 11.3. The van der Waals surface area contributed by atoms with Gasteiger partial charge in [0.1, 0.15) is 18.3 Å². The first-order chi connectivity index (χ1) is 19.1. The highest BCUT2D eigenvalue weighted by atomic mass is 16.6. The van der Waals surface area contributed by atoms with Crippen molar-refractivity contribution in [3.8, 4) is 0 Å². The zero-order valence-electron chi connectivity index (χ0n) is 26.2. The van der Waals surface area contributed by atoms with Crippen LogP contribution in [0.2, 0.25) is 0 Å². The molecule has 0 bridgehead atoms. The van der Waals surface area contributed by atoms with Gasteiger partial charge in [0.05, 0.1) is 12.2 Å². The molecule has 0 aliphatic heterocycles. The Balaban J connectivity index is 1.74. The molecule has 0 saturated heterocycles. The second-order valence-corrected chi connectivity index (χ2v) is 14.4. The van der Waals surface area contributed by atoms with Crippen LogP contribution in [0.3, 0.4) is 0 Å². The van der Waals surface area contributed by atoms with Gasteiger partial charge in [0.15, 0.2) is 0 Å². The van der Waals surface area contributed by atoms with Gasteiger partial charge in [-0.25, -0.2) is 0 Å². The molecule has 4 rings (SSSR count). The molecule has 4 aliphatic carbocycles.